The van der Waals surface area contributed by atoms with E-state index in [1.165, 1.54) is 0 Å². The molecule has 0 aromatic rings. The highest BCUT2D eigenvalue weighted by Crippen LogP contribution is 2.03. The van der Waals surface area contributed by atoms with Gasteiger partial charge in [0.2, 0.25) is 0 Å². The first-order chi connectivity index (χ1) is 10.5. The van der Waals surface area contributed by atoms with Crippen molar-refractivity contribution in [2.24, 2.45) is 5.90 Å². The molecule has 0 aliphatic rings. The molecule has 0 aromatic carbocycles. The fourth-order valence-corrected chi connectivity index (χ4v) is 1.66. The van der Waals surface area contributed by atoms with Crippen LogP contribution in [0.4, 0.5) is 9.59 Å². The van der Waals surface area contributed by atoms with E-state index in [2.05, 4.69) is 15.5 Å². The predicted molar refractivity (Wildman–Crippen MR) is 78.0 cm³/mol. The lowest BCUT2D eigenvalue weighted by atomic mass is 10.1. The summed E-state index contributed by atoms with van der Waals surface area (Å²) in [5.74, 6) is 4.53. The van der Waals surface area contributed by atoms with Crippen LogP contribution in [0, 0.1) is 0 Å². The summed E-state index contributed by atoms with van der Waals surface area (Å²) in [7, 11) is 0. The summed E-state index contributed by atoms with van der Waals surface area (Å²) < 4.78 is 9.45. The van der Waals surface area contributed by atoms with Crippen LogP contribution < -0.4 is 16.5 Å². The highest BCUT2D eigenvalue weighted by Gasteiger charge is 2.20. The van der Waals surface area contributed by atoms with Gasteiger partial charge in [-0.2, -0.15) is 0 Å². The van der Waals surface area contributed by atoms with Crippen molar-refractivity contribution in [1.82, 2.24) is 10.6 Å². The molecule has 0 saturated heterocycles. The van der Waals surface area contributed by atoms with Crippen molar-refractivity contribution >= 4 is 18.0 Å². The van der Waals surface area contributed by atoms with E-state index in [1.54, 1.807) is 13.8 Å². The van der Waals surface area contributed by atoms with Gasteiger partial charge in [-0.25, -0.2) is 15.5 Å². The molecule has 0 radical (unpaired) electrons. The number of unbranched alkanes of at least 4 members (excludes halogenated alkanes) is 1. The van der Waals surface area contributed by atoms with Gasteiger partial charge in [-0.3, -0.25) is 9.63 Å². The van der Waals surface area contributed by atoms with Gasteiger partial charge in [-0.15, -0.1) is 0 Å². The Hall–Kier alpha value is -1.87. The van der Waals surface area contributed by atoms with Crippen LogP contribution in [0.25, 0.3) is 0 Å². The highest BCUT2D eigenvalue weighted by molar-refractivity contribution is 5.88. The number of amides is 2. The third-order valence-electron chi connectivity index (χ3n) is 2.65. The summed E-state index contributed by atoms with van der Waals surface area (Å²) in [6, 6.07) is -0.731. The van der Waals surface area contributed by atoms with Gasteiger partial charge in [0.1, 0.15) is 6.61 Å². The van der Waals surface area contributed by atoms with Crippen molar-refractivity contribution in [3.63, 3.8) is 0 Å². The molecule has 4 N–H and O–H groups in total. The maximum absolute atomic E-state index is 11.8. The zero-order valence-corrected chi connectivity index (χ0v) is 13.1. The Morgan fingerprint density at radius 3 is 2.27 bits per heavy atom. The molecule has 0 fully saturated rings. The van der Waals surface area contributed by atoms with Crippen LogP contribution in [-0.2, 0) is 19.1 Å². The van der Waals surface area contributed by atoms with Crippen LogP contribution in [-0.4, -0.2) is 50.4 Å². The number of nitrogens with one attached hydrogen (secondary N) is 2. The largest absolute Gasteiger partial charge is 0.450 e. The van der Waals surface area contributed by atoms with Gasteiger partial charge in [-0.1, -0.05) is 0 Å². The Balaban J connectivity index is 4.09. The molecule has 9 heteroatoms. The van der Waals surface area contributed by atoms with Crippen molar-refractivity contribution in [2.75, 3.05) is 26.4 Å². The molecular formula is C13H25N3O6. The lowest BCUT2D eigenvalue weighted by Gasteiger charge is -2.16. The first-order valence-corrected chi connectivity index (χ1v) is 7.23. The second-order valence-corrected chi connectivity index (χ2v) is 4.34. The quantitative estimate of drug-likeness (QED) is 0.373. The third kappa shape index (κ3) is 9.94. The second-order valence-electron chi connectivity index (χ2n) is 4.34. The third-order valence-corrected chi connectivity index (χ3v) is 2.65. The number of Topliss-reactive ketones (excluding diaryl/α,β-unsaturated/α-hetero) is 1. The minimum atomic E-state index is -0.731. The molecule has 0 rings (SSSR count). The van der Waals surface area contributed by atoms with Gasteiger partial charge in [-0.05, 0) is 33.1 Å². The standard InChI is InChI=1S/C13H25N3O6/c1-3-20-12(18)15-8-6-5-7-10(11(17)9-22-14)16-13(19)21-4-2/h10H,3-9,14H2,1-2H3,(H,15,18)(H,16,19). The number of rotatable bonds is 11. The Morgan fingerprint density at radius 1 is 1.05 bits per heavy atom. The molecule has 1 atom stereocenters. The van der Waals surface area contributed by atoms with Gasteiger partial charge in [0, 0.05) is 6.54 Å². The van der Waals surface area contributed by atoms with Crippen molar-refractivity contribution < 1.29 is 28.7 Å². The Kier molecular flexibility index (Phi) is 11.7. The molecule has 0 aliphatic carbocycles. The van der Waals surface area contributed by atoms with Crippen LogP contribution in [0.2, 0.25) is 0 Å². The maximum Gasteiger partial charge on any atom is 0.407 e. The minimum Gasteiger partial charge on any atom is -0.450 e. The van der Waals surface area contributed by atoms with E-state index in [0.29, 0.717) is 32.4 Å². The van der Waals surface area contributed by atoms with Crippen LogP contribution in [0.1, 0.15) is 33.1 Å². The van der Waals surface area contributed by atoms with Crippen molar-refractivity contribution in [1.29, 1.82) is 0 Å². The lowest BCUT2D eigenvalue weighted by Crippen LogP contribution is -2.43. The zero-order valence-electron chi connectivity index (χ0n) is 13.1. The fourth-order valence-electron chi connectivity index (χ4n) is 1.66. The summed E-state index contributed by atoms with van der Waals surface area (Å²) in [4.78, 5) is 38.5. The van der Waals surface area contributed by atoms with Gasteiger partial charge in [0.15, 0.2) is 5.78 Å². The molecule has 128 valence electrons. The van der Waals surface area contributed by atoms with E-state index in [4.69, 9.17) is 15.4 Å². The Morgan fingerprint density at radius 2 is 1.68 bits per heavy atom. The fraction of sp³-hybridized carbons (Fsp3) is 0.769. The number of alkyl carbamates (subject to hydrolysis) is 2. The van der Waals surface area contributed by atoms with E-state index < -0.39 is 18.2 Å². The molecule has 0 saturated carbocycles. The first-order valence-electron chi connectivity index (χ1n) is 7.23. The number of carbonyl (C=O) groups excluding carboxylic acids is 3. The van der Waals surface area contributed by atoms with Crippen molar-refractivity contribution in [3.05, 3.63) is 0 Å². The molecule has 0 bridgehead atoms. The molecule has 2 amide bonds. The highest BCUT2D eigenvalue weighted by atomic mass is 16.6. The molecular weight excluding hydrogens is 294 g/mol. The zero-order chi connectivity index (χ0) is 16.8. The summed E-state index contributed by atoms with van der Waals surface area (Å²) in [6.45, 7) is 4.04. The minimum absolute atomic E-state index is 0.212. The average Bonchev–Trinajstić information content (AvgIpc) is 2.46. The monoisotopic (exact) mass is 319 g/mol. The van der Waals surface area contributed by atoms with Gasteiger partial charge < -0.3 is 20.1 Å². The SMILES string of the molecule is CCOC(=O)NCCCCC(NC(=O)OCC)C(=O)CON. The summed E-state index contributed by atoms with van der Waals surface area (Å²) in [5, 5.41) is 5.03. The molecule has 0 spiro atoms. The van der Waals surface area contributed by atoms with Crippen molar-refractivity contribution in [2.45, 2.75) is 39.2 Å². The number of nitrogens with two attached hydrogens (primary N) is 1. The molecule has 0 aliphatic heterocycles. The van der Waals surface area contributed by atoms with Crippen LogP contribution in [0.5, 0.6) is 0 Å². The molecule has 0 aromatic heterocycles. The van der Waals surface area contributed by atoms with Crippen LogP contribution in [0.3, 0.4) is 0 Å². The van der Waals surface area contributed by atoms with E-state index in [9.17, 15) is 14.4 Å². The Labute approximate surface area is 129 Å². The summed E-state index contributed by atoms with van der Waals surface area (Å²) in [5.41, 5.74) is 0. The predicted octanol–water partition coefficient (Wildman–Crippen LogP) is 0.477. The summed E-state index contributed by atoms with van der Waals surface area (Å²) >= 11 is 0. The molecule has 1 unspecified atom stereocenters. The molecule has 0 heterocycles. The van der Waals surface area contributed by atoms with E-state index in [1.807, 2.05) is 0 Å². The van der Waals surface area contributed by atoms with Gasteiger partial charge in [0.05, 0.1) is 19.3 Å². The average molecular weight is 319 g/mol. The first kappa shape index (κ1) is 20.1. The molecule has 9 nitrogen and oxygen atoms in total. The van der Waals surface area contributed by atoms with Gasteiger partial charge >= 0.3 is 12.2 Å². The number of ether oxygens (including phenoxy) is 2. The smallest absolute Gasteiger partial charge is 0.407 e. The maximum atomic E-state index is 11.8. The summed E-state index contributed by atoms with van der Waals surface area (Å²) in [6.07, 6.45) is 0.501. The number of ketones is 1. The van der Waals surface area contributed by atoms with Crippen LogP contribution >= 0.6 is 0 Å². The number of hydrogen-bond acceptors (Lipinski definition) is 7. The second kappa shape index (κ2) is 12.8. The number of hydrogen-bond donors (Lipinski definition) is 3. The van der Waals surface area contributed by atoms with E-state index >= 15 is 0 Å². The topological polar surface area (TPSA) is 129 Å². The van der Waals surface area contributed by atoms with E-state index in [0.717, 1.165) is 0 Å². The molecule has 22 heavy (non-hydrogen) atoms. The van der Waals surface area contributed by atoms with Crippen molar-refractivity contribution in [3.8, 4) is 0 Å². The van der Waals surface area contributed by atoms with Crippen LogP contribution in [0.15, 0.2) is 0 Å². The van der Waals surface area contributed by atoms with Gasteiger partial charge in [0.25, 0.3) is 0 Å². The van der Waals surface area contributed by atoms with E-state index in [-0.39, 0.29) is 19.0 Å². The number of carbonyl (C=O) groups is 3. The Bertz CT molecular complexity index is 351. The normalized spacial score (nSPS) is 11.4. The lowest BCUT2D eigenvalue weighted by molar-refractivity contribution is -0.125.